The number of carbonyl (C=O) groups is 2. The summed E-state index contributed by atoms with van der Waals surface area (Å²) >= 11 is 0. The molecule has 2 amide bonds. The Morgan fingerprint density at radius 1 is 1.09 bits per heavy atom. The Labute approximate surface area is 190 Å². The van der Waals surface area contributed by atoms with Crippen molar-refractivity contribution in [3.05, 3.63) is 60.1 Å². The van der Waals surface area contributed by atoms with Gasteiger partial charge in [-0.15, -0.1) is 0 Å². The number of amides is 2. The minimum atomic E-state index is -0.169. The lowest BCUT2D eigenvalue weighted by molar-refractivity contribution is -0.144. The number of furan rings is 1. The highest BCUT2D eigenvalue weighted by atomic mass is 16.5. The summed E-state index contributed by atoms with van der Waals surface area (Å²) in [5, 5.41) is 0. The van der Waals surface area contributed by atoms with Crippen LogP contribution in [-0.2, 0) is 32.2 Å². The van der Waals surface area contributed by atoms with E-state index in [1.165, 1.54) is 0 Å². The van der Waals surface area contributed by atoms with Gasteiger partial charge >= 0.3 is 0 Å². The van der Waals surface area contributed by atoms with Gasteiger partial charge in [-0.25, -0.2) is 0 Å². The summed E-state index contributed by atoms with van der Waals surface area (Å²) < 4.78 is 16.8. The first-order chi connectivity index (χ1) is 15.7. The first-order valence-electron chi connectivity index (χ1n) is 11.5. The minimum Gasteiger partial charge on any atom is -0.467 e. The lowest BCUT2D eigenvalue weighted by Crippen LogP contribution is -2.46. The number of unbranched alkanes of at least 4 members (excludes halogenated alkanes) is 1. The van der Waals surface area contributed by atoms with E-state index in [9.17, 15) is 9.59 Å². The van der Waals surface area contributed by atoms with Gasteiger partial charge in [0.05, 0.1) is 32.1 Å². The molecule has 2 heterocycles. The van der Waals surface area contributed by atoms with Crippen molar-refractivity contribution in [1.82, 2.24) is 9.80 Å². The zero-order valence-electron chi connectivity index (χ0n) is 18.9. The van der Waals surface area contributed by atoms with E-state index in [1.54, 1.807) is 16.1 Å². The molecule has 32 heavy (non-hydrogen) atoms. The number of rotatable bonds is 13. The van der Waals surface area contributed by atoms with Gasteiger partial charge in [0.1, 0.15) is 12.4 Å². The summed E-state index contributed by atoms with van der Waals surface area (Å²) in [6.07, 6.45) is 5.35. The van der Waals surface area contributed by atoms with Crippen molar-refractivity contribution in [2.24, 2.45) is 0 Å². The Morgan fingerprint density at radius 3 is 2.62 bits per heavy atom. The predicted molar refractivity (Wildman–Crippen MR) is 121 cm³/mol. The molecule has 1 atom stereocenters. The van der Waals surface area contributed by atoms with E-state index in [4.69, 9.17) is 13.9 Å². The molecule has 1 aromatic heterocycles. The highest BCUT2D eigenvalue weighted by molar-refractivity contribution is 5.85. The van der Waals surface area contributed by atoms with Gasteiger partial charge in [0.15, 0.2) is 0 Å². The van der Waals surface area contributed by atoms with Crippen molar-refractivity contribution in [3.8, 4) is 0 Å². The number of hydrogen-bond donors (Lipinski definition) is 0. The first-order valence-corrected chi connectivity index (χ1v) is 11.5. The van der Waals surface area contributed by atoms with Crippen LogP contribution in [0.15, 0.2) is 53.1 Å². The molecule has 0 bridgehead atoms. The quantitative estimate of drug-likeness (QED) is 0.474. The smallest absolute Gasteiger partial charge is 0.249 e. The van der Waals surface area contributed by atoms with Crippen molar-refractivity contribution in [2.75, 3.05) is 32.8 Å². The van der Waals surface area contributed by atoms with Crippen LogP contribution in [0, 0.1) is 0 Å². The minimum absolute atomic E-state index is 0.0287. The summed E-state index contributed by atoms with van der Waals surface area (Å²) in [6.45, 7) is 4.54. The molecule has 7 heteroatoms. The van der Waals surface area contributed by atoms with Crippen molar-refractivity contribution >= 4 is 11.8 Å². The van der Waals surface area contributed by atoms with Gasteiger partial charge in [0, 0.05) is 19.7 Å². The molecule has 0 unspecified atom stereocenters. The van der Waals surface area contributed by atoms with Gasteiger partial charge in [0.25, 0.3) is 0 Å². The van der Waals surface area contributed by atoms with E-state index in [-0.39, 0.29) is 31.1 Å². The summed E-state index contributed by atoms with van der Waals surface area (Å²) in [5.74, 6) is 0.441. The maximum Gasteiger partial charge on any atom is 0.249 e. The van der Waals surface area contributed by atoms with E-state index < -0.39 is 0 Å². The van der Waals surface area contributed by atoms with Crippen LogP contribution in [0.25, 0.3) is 0 Å². The Kier molecular flexibility index (Phi) is 9.78. The fourth-order valence-corrected chi connectivity index (χ4v) is 3.71. The summed E-state index contributed by atoms with van der Waals surface area (Å²) in [5.41, 5.74) is 1.01. The molecule has 0 saturated carbocycles. The standard InChI is InChI=1S/C25H34N2O5/c1-2-3-13-26(25(29)20-30-19-21-9-5-4-6-10-21)18-24(28)27(16-22-11-7-14-31-22)17-23-12-8-15-32-23/h4-7,9-11,14,23H,2-3,8,12-13,15-20H2,1H3/t23-/m0/s1. The highest BCUT2D eigenvalue weighted by Gasteiger charge is 2.26. The third-order valence-corrected chi connectivity index (χ3v) is 5.53. The Hall–Kier alpha value is -2.64. The van der Waals surface area contributed by atoms with Gasteiger partial charge in [-0.2, -0.15) is 0 Å². The number of hydrogen-bond acceptors (Lipinski definition) is 5. The normalized spacial score (nSPS) is 15.6. The number of carbonyl (C=O) groups excluding carboxylic acids is 2. The van der Waals surface area contributed by atoms with Crippen molar-refractivity contribution in [1.29, 1.82) is 0 Å². The molecule has 0 N–H and O–H groups in total. The Balaban J connectivity index is 1.58. The fraction of sp³-hybridized carbons (Fsp3) is 0.520. The second-order valence-corrected chi connectivity index (χ2v) is 8.14. The molecule has 0 aliphatic carbocycles. The largest absolute Gasteiger partial charge is 0.467 e. The summed E-state index contributed by atoms with van der Waals surface area (Å²) in [7, 11) is 0. The zero-order chi connectivity index (χ0) is 22.6. The van der Waals surface area contributed by atoms with E-state index >= 15 is 0 Å². The Morgan fingerprint density at radius 2 is 1.94 bits per heavy atom. The molecule has 1 fully saturated rings. The maximum atomic E-state index is 13.2. The molecule has 0 radical (unpaired) electrons. The number of benzene rings is 1. The topological polar surface area (TPSA) is 72.2 Å². The third kappa shape index (κ3) is 7.80. The van der Waals surface area contributed by atoms with Crippen molar-refractivity contribution in [3.63, 3.8) is 0 Å². The van der Waals surface area contributed by atoms with Crippen LogP contribution in [0.5, 0.6) is 0 Å². The number of nitrogens with zero attached hydrogens (tertiary/aromatic N) is 2. The van der Waals surface area contributed by atoms with Crippen LogP contribution in [0.1, 0.15) is 43.9 Å². The van der Waals surface area contributed by atoms with Crippen LogP contribution >= 0.6 is 0 Å². The van der Waals surface area contributed by atoms with Crippen LogP contribution < -0.4 is 0 Å². The SMILES string of the molecule is CCCCN(CC(=O)N(Cc1ccco1)C[C@@H]1CCCO1)C(=O)COCc1ccccc1. The van der Waals surface area contributed by atoms with E-state index in [0.717, 1.165) is 37.9 Å². The maximum absolute atomic E-state index is 13.2. The van der Waals surface area contributed by atoms with E-state index in [0.29, 0.717) is 32.0 Å². The molecular formula is C25H34N2O5. The molecule has 1 saturated heterocycles. The van der Waals surface area contributed by atoms with Crippen LogP contribution in [0.4, 0.5) is 0 Å². The second-order valence-electron chi connectivity index (χ2n) is 8.14. The highest BCUT2D eigenvalue weighted by Crippen LogP contribution is 2.16. The first kappa shape index (κ1) is 24.0. The molecule has 1 aliphatic heterocycles. The van der Waals surface area contributed by atoms with Gasteiger partial charge < -0.3 is 23.7 Å². The average molecular weight is 443 g/mol. The molecule has 1 aromatic carbocycles. The van der Waals surface area contributed by atoms with E-state index in [1.807, 2.05) is 42.5 Å². The second kappa shape index (κ2) is 13.0. The van der Waals surface area contributed by atoms with Gasteiger partial charge in [0.2, 0.25) is 11.8 Å². The van der Waals surface area contributed by atoms with E-state index in [2.05, 4.69) is 6.92 Å². The lowest BCUT2D eigenvalue weighted by Gasteiger charge is -2.28. The van der Waals surface area contributed by atoms with Gasteiger partial charge in [-0.1, -0.05) is 43.7 Å². The molecule has 0 spiro atoms. The fourth-order valence-electron chi connectivity index (χ4n) is 3.71. The lowest BCUT2D eigenvalue weighted by atomic mass is 10.2. The van der Waals surface area contributed by atoms with Gasteiger partial charge in [-0.05, 0) is 37.0 Å². The molecule has 7 nitrogen and oxygen atoms in total. The zero-order valence-corrected chi connectivity index (χ0v) is 18.9. The molecular weight excluding hydrogens is 408 g/mol. The third-order valence-electron chi connectivity index (χ3n) is 5.53. The van der Waals surface area contributed by atoms with Crippen LogP contribution in [-0.4, -0.2) is 60.6 Å². The summed E-state index contributed by atoms with van der Waals surface area (Å²) in [4.78, 5) is 29.4. The molecule has 3 rings (SSSR count). The molecule has 2 aromatic rings. The van der Waals surface area contributed by atoms with Crippen LogP contribution in [0.2, 0.25) is 0 Å². The predicted octanol–water partition coefficient (Wildman–Crippen LogP) is 3.63. The monoisotopic (exact) mass is 442 g/mol. The van der Waals surface area contributed by atoms with Crippen molar-refractivity contribution in [2.45, 2.75) is 51.9 Å². The summed E-state index contributed by atoms with van der Waals surface area (Å²) in [6, 6.07) is 13.4. The number of ether oxygens (including phenoxy) is 2. The molecule has 174 valence electrons. The Bertz CT molecular complexity index is 803. The molecule has 1 aliphatic rings. The van der Waals surface area contributed by atoms with Crippen molar-refractivity contribution < 1.29 is 23.5 Å². The average Bonchev–Trinajstić information content (AvgIpc) is 3.51. The van der Waals surface area contributed by atoms with Gasteiger partial charge in [-0.3, -0.25) is 9.59 Å². The van der Waals surface area contributed by atoms with Crippen LogP contribution in [0.3, 0.4) is 0 Å².